The molecule has 0 aliphatic rings. The minimum absolute atomic E-state index is 0.0141. The summed E-state index contributed by atoms with van der Waals surface area (Å²) >= 11 is 1.46. The van der Waals surface area contributed by atoms with Crippen LogP contribution in [0.25, 0.3) is 0 Å². The van der Waals surface area contributed by atoms with E-state index < -0.39 is 0 Å². The number of hydrogen-bond donors (Lipinski definition) is 1. The predicted octanol–water partition coefficient (Wildman–Crippen LogP) is 3.19. The summed E-state index contributed by atoms with van der Waals surface area (Å²) in [5.74, 6) is -0.0505. The smallest absolute Gasteiger partial charge is 0.228 e. The average molecular weight is 270 g/mol. The van der Waals surface area contributed by atoms with Gasteiger partial charge in [0.2, 0.25) is 5.91 Å². The molecule has 0 bridgehead atoms. The van der Waals surface area contributed by atoms with Gasteiger partial charge in [0, 0.05) is 10.8 Å². The largest absolute Gasteiger partial charge is 0.378 e. The number of nitrogens with zero attached hydrogens (tertiary/aromatic N) is 1. The number of carbonyl (C=O) groups is 1. The molecule has 0 fully saturated rings. The number of anilines is 1. The lowest BCUT2D eigenvalue weighted by Crippen LogP contribution is -2.16. The molecule has 1 rings (SSSR count). The Balaban J connectivity index is 2.43. The third-order valence-corrected chi connectivity index (χ3v) is 3.06. The molecule has 4 nitrogen and oxygen atoms in total. The van der Waals surface area contributed by atoms with E-state index in [2.05, 4.69) is 31.1 Å². The SMILES string of the molecule is CC(C)OCCC(=O)Nc1nc(C(C)(C)C)cs1. The van der Waals surface area contributed by atoms with Crippen molar-refractivity contribution in [3.63, 3.8) is 0 Å². The van der Waals surface area contributed by atoms with E-state index in [1.54, 1.807) is 0 Å². The predicted molar refractivity (Wildman–Crippen MR) is 75.1 cm³/mol. The Morgan fingerprint density at radius 1 is 1.50 bits per heavy atom. The zero-order valence-corrected chi connectivity index (χ0v) is 12.6. The van der Waals surface area contributed by atoms with E-state index in [0.29, 0.717) is 18.2 Å². The highest BCUT2D eigenvalue weighted by Gasteiger charge is 2.18. The third-order valence-electron chi connectivity index (χ3n) is 2.30. The molecule has 1 aromatic heterocycles. The van der Waals surface area contributed by atoms with Crippen molar-refractivity contribution in [3.05, 3.63) is 11.1 Å². The maximum Gasteiger partial charge on any atom is 0.228 e. The highest BCUT2D eigenvalue weighted by molar-refractivity contribution is 7.13. The quantitative estimate of drug-likeness (QED) is 0.894. The third kappa shape index (κ3) is 5.14. The van der Waals surface area contributed by atoms with E-state index in [1.165, 1.54) is 11.3 Å². The Morgan fingerprint density at radius 2 is 2.17 bits per heavy atom. The molecule has 102 valence electrons. The van der Waals surface area contributed by atoms with Crippen molar-refractivity contribution >= 4 is 22.4 Å². The van der Waals surface area contributed by atoms with Crippen LogP contribution in [0.4, 0.5) is 5.13 Å². The van der Waals surface area contributed by atoms with Crippen LogP contribution >= 0.6 is 11.3 Å². The maximum absolute atomic E-state index is 11.6. The molecule has 1 aromatic rings. The van der Waals surface area contributed by atoms with Gasteiger partial charge in [0.15, 0.2) is 5.13 Å². The molecule has 0 radical (unpaired) electrons. The molecular weight excluding hydrogens is 248 g/mol. The monoisotopic (exact) mass is 270 g/mol. The second-order valence-electron chi connectivity index (χ2n) is 5.51. The molecule has 0 saturated carbocycles. The molecule has 5 heteroatoms. The van der Waals surface area contributed by atoms with E-state index >= 15 is 0 Å². The van der Waals surface area contributed by atoms with E-state index in [0.717, 1.165) is 5.69 Å². The number of aromatic nitrogens is 1. The van der Waals surface area contributed by atoms with Gasteiger partial charge in [-0.05, 0) is 13.8 Å². The molecule has 0 aromatic carbocycles. The first-order chi connectivity index (χ1) is 8.29. The van der Waals surface area contributed by atoms with Crippen molar-refractivity contribution in [2.24, 2.45) is 0 Å². The Morgan fingerprint density at radius 3 is 2.67 bits per heavy atom. The molecule has 0 atom stereocenters. The lowest BCUT2D eigenvalue weighted by Gasteiger charge is -2.14. The average Bonchev–Trinajstić information content (AvgIpc) is 2.64. The highest BCUT2D eigenvalue weighted by Crippen LogP contribution is 2.26. The number of thiazole rings is 1. The van der Waals surface area contributed by atoms with Gasteiger partial charge >= 0.3 is 0 Å². The molecule has 18 heavy (non-hydrogen) atoms. The standard InChI is InChI=1S/C13H22N2O2S/c1-9(2)17-7-6-11(16)15-12-14-10(8-18-12)13(3,4)5/h8-9H,6-7H2,1-5H3,(H,14,15,16). The van der Waals surface area contributed by atoms with Gasteiger partial charge in [0.05, 0.1) is 24.8 Å². The van der Waals surface area contributed by atoms with Crippen molar-refractivity contribution in [1.29, 1.82) is 0 Å². The van der Waals surface area contributed by atoms with Crippen molar-refractivity contribution in [2.45, 2.75) is 52.6 Å². The fraction of sp³-hybridized carbons (Fsp3) is 0.692. The van der Waals surface area contributed by atoms with Crippen LogP contribution in [0.5, 0.6) is 0 Å². The minimum Gasteiger partial charge on any atom is -0.378 e. The zero-order chi connectivity index (χ0) is 13.8. The Kier molecular flexibility index (Phi) is 5.28. The second-order valence-corrected chi connectivity index (χ2v) is 6.36. The lowest BCUT2D eigenvalue weighted by molar-refractivity contribution is -0.117. The number of rotatable bonds is 5. The van der Waals surface area contributed by atoms with Crippen molar-refractivity contribution in [2.75, 3.05) is 11.9 Å². The molecule has 0 unspecified atom stereocenters. The molecule has 0 spiro atoms. The van der Waals surface area contributed by atoms with Gasteiger partial charge in [0.1, 0.15) is 0 Å². The fourth-order valence-corrected chi connectivity index (χ4v) is 2.20. The normalized spacial score (nSPS) is 11.9. The first-order valence-corrected chi connectivity index (χ1v) is 7.04. The van der Waals surface area contributed by atoms with Gasteiger partial charge in [-0.15, -0.1) is 11.3 Å². The maximum atomic E-state index is 11.6. The topological polar surface area (TPSA) is 51.2 Å². The van der Waals surface area contributed by atoms with E-state index in [-0.39, 0.29) is 17.4 Å². The number of carbonyl (C=O) groups excluding carboxylic acids is 1. The zero-order valence-electron chi connectivity index (χ0n) is 11.7. The van der Waals surface area contributed by atoms with E-state index in [1.807, 2.05) is 19.2 Å². The van der Waals surface area contributed by atoms with Gasteiger partial charge < -0.3 is 10.1 Å². The van der Waals surface area contributed by atoms with Gasteiger partial charge in [-0.25, -0.2) is 4.98 Å². The van der Waals surface area contributed by atoms with Crippen molar-refractivity contribution < 1.29 is 9.53 Å². The van der Waals surface area contributed by atoms with Crippen LogP contribution in [-0.4, -0.2) is 23.6 Å². The number of hydrogen-bond acceptors (Lipinski definition) is 4. The lowest BCUT2D eigenvalue weighted by atomic mass is 9.93. The first kappa shape index (κ1) is 15.1. The van der Waals surface area contributed by atoms with Gasteiger partial charge in [-0.2, -0.15) is 0 Å². The number of amides is 1. The first-order valence-electron chi connectivity index (χ1n) is 6.16. The van der Waals surface area contributed by atoms with Crippen molar-refractivity contribution in [1.82, 2.24) is 4.98 Å². The summed E-state index contributed by atoms with van der Waals surface area (Å²) in [4.78, 5) is 16.0. The summed E-state index contributed by atoms with van der Waals surface area (Å²) in [5.41, 5.74) is 1.02. The molecule has 1 amide bonds. The van der Waals surface area contributed by atoms with Crippen LogP contribution in [-0.2, 0) is 14.9 Å². The Hall–Kier alpha value is -0.940. The van der Waals surface area contributed by atoms with Crippen LogP contribution < -0.4 is 5.32 Å². The molecule has 0 saturated heterocycles. The summed E-state index contributed by atoms with van der Waals surface area (Å²) in [5, 5.41) is 5.44. The number of nitrogens with one attached hydrogen (secondary N) is 1. The molecule has 1 N–H and O–H groups in total. The summed E-state index contributed by atoms with van der Waals surface area (Å²) < 4.78 is 5.33. The summed E-state index contributed by atoms with van der Waals surface area (Å²) in [6.45, 7) is 10.7. The van der Waals surface area contributed by atoms with Crippen LogP contribution in [0.15, 0.2) is 5.38 Å². The van der Waals surface area contributed by atoms with Crippen molar-refractivity contribution in [3.8, 4) is 0 Å². The Labute approximate surface area is 113 Å². The minimum atomic E-state index is -0.0505. The van der Waals surface area contributed by atoms with Crippen LogP contribution in [0.2, 0.25) is 0 Å². The molecule has 0 aliphatic heterocycles. The summed E-state index contributed by atoms with van der Waals surface area (Å²) in [6.07, 6.45) is 0.521. The molecule has 0 aliphatic carbocycles. The summed E-state index contributed by atoms with van der Waals surface area (Å²) in [7, 11) is 0. The molecular formula is C13H22N2O2S. The fourth-order valence-electron chi connectivity index (χ4n) is 1.24. The van der Waals surface area contributed by atoms with Crippen LogP contribution in [0.1, 0.15) is 46.7 Å². The number of ether oxygens (including phenoxy) is 1. The van der Waals surface area contributed by atoms with Gasteiger partial charge in [0.25, 0.3) is 0 Å². The second kappa shape index (κ2) is 6.29. The summed E-state index contributed by atoms with van der Waals surface area (Å²) in [6, 6.07) is 0. The molecule has 1 heterocycles. The van der Waals surface area contributed by atoms with E-state index in [9.17, 15) is 4.79 Å². The highest BCUT2D eigenvalue weighted by atomic mass is 32.1. The van der Waals surface area contributed by atoms with Gasteiger partial charge in [-0.3, -0.25) is 4.79 Å². The van der Waals surface area contributed by atoms with Gasteiger partial charge in [-0.1, -0.05) is 20.8 Å². The Bertz CT molecular complexity index is 394. The van der Waals surface area contributed by atoms with Crippen LogP contribution in [0, 0.1) is 0 Å². The van der Waals surface area contributed by atoms with E-state index in [4.69, 9.17) is 4.74 Å². The van der Waals surface area contributed by atoms with Crippen LogP contribution in [0.3, 0.4) is 0 Å².